The number of esters is 3. The molecule has 1 unspecified atom stereocenters. The molecule has 0 aliphatic heterocycles. The van der Waals surface area contributed by atoms with Crippen LogP contribution in [0.25, 0.3) is 0 Å². The van der Waals surface area contributed by atoms with Crippen LogP contribution in [0.5, 0.6) is 0 Å². The van der Waals surface area contributed by atoms with Crippen molar-refractivity contribution in [2.24, 2.45) is 0 Å². The van der Waals surface area contributed by atoms with Crippen LogP contribution in [0.3, 0.4) is 0 Å². The summed E-state index contributed by atoms with van der Waals surface area (Å²) in [6.45, 7) is 6.60. The van der Waals surface area contributed by atoms with E-state index >= 15 is 0 Å². The van der Waals surface area contributed by atoms with Gasteiger partial charge in [-0.25, -0.2) is 0 Å². The van der Waals surface area contributed by atoms with Crippen molar-refractivity contribution in [1.82, 2.24) is 0 Å². The molecular formula is C75H138O6. The molecule has 0 spiro atoms. The van der Waals surface area contributed by atoms with Crippen LogP contribution in [0.15, 0.2) is 48.6 Å². The molecular weight excluding hydrogens is 997 g/mol. The third kappa shape index (κ3) is 68.0. The molecule has 0 amide bonds. The number of hydrogen-bond acceptors (Lipinski definition) is 6. The second-order valence-corrected chi connectivity index (χ2v) is 24.5. The van der Waals surface area contributed by atoms with E-state index in [4.69, 9.17) is 14.2 Å². The van der Waals surface area contributed by atoms with Gasteiger partial charge in [0.25, 0.3) is 0 Å². The van der Waals surface area contributed by atoms with Crippen LogP contribution < -0.4 is 0 Å². The lowest BCUT2D eigenvalue weighted by molar-refractivity contribution is -0.167. The lowest BCUT2D eigenvalue weighted by Gasteiger charge is -2.18. The molecule has 6 heteroatoms. The van der Waals surface area contributed by atoms with Gasteiger partial charge in [-0.1, -0.05) is 339 Å². The molecule has 0 radical (unpaired) electrons. The van der Waals surface area contributed by atoms with Crippen molar-refractivity contribution < 1.29 is 28.6 Å². The van der Waals surface area contributed by atoms with Crippen molar-refractivity contribution in [3.63, 3.8) is 0 Å². The first-order valence-corrected chi connectivity index (χ1v) is 36.1. The largest absolute Gasteiger partial charge is 0.462 e. The summed E-state index contributed by atoms with van der Waals surface area (Å²) in [5.41, 5.74) is 0. The summed E-state index contributed by atoms with van der Waals surface area (Å²) in [5.74, 6) is -0.858. The van der Waals surface area contributed by atoms with Gasteiger partial charge in [0.1, 0.15) is 13.2 Å². The SMILES string of the molecule is CCCCCCC/C=C\C/C=C\CCCCCCCCCCCCCCCCCCCCCC(=O)OCC(COC(=O)CCCCCCC)OC(=O)CCCCCCCCCCCCCCCCC/C=C\C/C=C\CCCCCCC. The number of ether oxygens (including phenoxy) is 3. The van der Waals surface area contributed by atoms with Gasteiger partial charge < -0.3 is 14.2 Å². The first-order chi connectivity index (χ1) is 40.0. The zero-order valence-corrected chi connectivity index (χ0v) is 54.6. The van der Waals surface area contributed by atoms with Gasteiger partial charge in [0.05, 0.1) is 0 Å². The standard InChI is InChI=1S/C75H138O6/c1-4-7-10-13-15-17-19-21-23-25-27-29-31-33-35-36-37-38-40-41-43-45-47-49-51-53-55-57-59-62-65-68-74(77)80-71-72(70-79-73(76)67-64-61-12-9-6-3)81-75(78)69-66-63-60-58-56-54-52-50-48-46-44-42-39-34-32-30-28-26-24-22-20-18-16-14-11-8-5-2/h19-22,25-28,72H,4-18,23-24,29-71H2,1-3H3/b21-19-,22-20-,27-25-,28-26-. The highest BCUT2D eigenvalue weighted by Gasteiger charge is 2.19. The minimum absolute atomic E-state index is 0.0683. The fourth-order valence-corrected chi connectivity index (χ4v) is 10.9. The second-order valence-electron chi connectivity index (χ2n) is 24.5. The summed E-state index contributed by atoms with van der Waals surface area (Å²) < 4.78 is 16.8. The summed E-state index contributed by atoms with van der Waals surface area (Å²) >= 11 is 0. The van der Waals surface area contributed by atoms with E-state index in [2.05, 4.69) is 69.4 Å². The predicted molar refractivity (Wildman–Crippen MR) is 353 cm³/mol. The van der Waals surface area contributed by atoms with Gasteiger partial charge in [0.15, 0.2) is 6.10 Å². The number of unbranched alkanes of at least 4 members (excludes halogenated alkanes) is 48. The highest BCUT2D eigenvalue weighted by atomic mass is 16.6. The van der Waals surface area contributed by atoms with Gasteiger partial charge in [-0.15, -0.1) is 0 Å². The van der Waals surface area contributed by atoms with Gasteiger partial charge in [-0.3, -0.25) is 14.4 Å². The van der Waals surface area contributed by atoms with Crippen LogP contribution in [0.2, 0.25) is 0 Å². The molecule has 0 N–H and O–H groups in total. The highest BCUT2D eigenvalue weighted by Crippen LogP contribution is 2.18. The molecule has 0 aliphatic carbocycles. The van der Waals surface area contributed by atoms with Gasteiger partial charge >= 0.3 is 17.9 Å². The minimum atomic E-state index is -0.768. The average Bonchev–Trinajstić information content (AvgIpc) is 3.47. The molecule has 81 heavy (non-hydrogen) atoms. The van der Waals surface area contributed by atoms with E-state index < -0.39 is 6.10 Å². The molecule has 0 aliphatic rings. The van der Waals surface area contributed by atoms with Crippen LogP contribution >= 0.6 is 0 Å². The Morgan fingerprint density at radius 1 is 0.247 bits per heavy atom. The second kappa shape index (κ2) is 69.9. The monoisotopic (exact) mass is 1140 g/mol. The van der Waals surface area contributed by atoms with Crippen LogP contribution in [-0.4, -0.2) is 37.2 Å². The fourth-order valence-electron chi connectivity index (χ4n) is 10.9. The van der Waals surface area contributed by atoms with E-state index in [0.29, 0.717) is 19.3 Å². The molecule has 0 aromatic rings. The van der Waals surface area contributed by atoms with Crippen molar-refractivity contribution in [3.8, 4) is 0 Å². The summed E-state index contributed by atoms with van der Waals surface area (Å²) in [6, 6.07) is 0. The molecule has 0 aromatic heterocycles. The van der Waals surface area contributed by atoms with E-state index in [1.54, 1.807) is 0 Å². The number of hydrogen-bond donors (Lipinski definition) is 0. The Bertz CT molecular complexity index is 1400. The Morgan fingerprint density at radius 2 is 0.444 bits per heavy atom. The molecule has 0 fully saturated rings. The number of carbonyl (C=O) groups is 3. The Labute approximate surface area is 505 Å². The normalized spacial score (nSPS) is 12.3. The summed E-state index contributed by atoms with van der Waals surface area (Å²) in [4.78, 5) is 38.0. The van der Waals surface area contributed by atoms with E-state index in [1.165, 1.54) is 276 Å². The Kier molecular flexibility index (Phi) is 67.6. The predicted octanol–water partition coefficient (Wildman–Crippen LogP) is 24.9. The molecule has 1 atom stereocenters. The molecule has 474 valence electrons. The van der Waals surface area contributed by atoms with E-state index in [0.717, 1.165) is 77.0 Å². The number of allylic oxidation sites excluding steroid dienone is 8. The molecule has 0 bridgehead atoms. The summed E-state index contributed by atoms with van der Waals surface area (Å²) in [7, 11) is 0. The van der Waals surface area contributed by atoms with E-state index in [9.17, 15) is 14.4 Å². The molecule has 0 saturated carbocycles. The zero-order valence-electron chi connectivity index (χ0n) is 54.6. The van der Waals surface area contributed by atoms with Crippen molar-refractivity contribution in [2.45, 2.75) is 399 Å². The maximum Gasteiger partial charge on any atom is 0.306 e. The number of carbonyl (C=O) groups excluding carboxylic acids is 3. The first kappa shape index (κ1) is 78.4. The van der Waals surface area contributed by atoms with Crippen LogP contribution in [0.4, 0.5) is 0 Å². The maximum atomic E-state index is 12.9. The average molecular weight is 1140 g/mol. The molecule has 0 aromatic carbocycles. The van der Waals surface area contributed by atoms with Gasteiger partial charge in [-0.2, -0.15) is 0 Å². The number of rotatable bonds is 67. The van der Waals surface area contributed by atoms with Crippen molar-refractivity contribution >= 4 is 17.9 Å². The fraction of sp³-hybridized carbons (Fsp3) is 0.853. The topological polar surface area (TPSA) is 78.9 Å². The van der Waals surface area contributed by atoms with Crippen LogP contribution in [0.1, 0.15) is 393 Å². The molecule has 6 nitrogen and oxygen atoms in total. The third-order valence-corrected chi connectivity index (χ3v) is 16.3. The van der Waals surface area contributed by atoms with Crippen LogP contribution in [0, 0.1) is 0 Å². The van der Waals surface area contributed by atoms with Gasteiger partial charge in [0.2, 0.25) is 0 Å². The lowest BCUT2D eigenvalue weighted by Crippen LogP contribution is -2.30. The zero-order chi connectivity index (χ0) is 58.5. The summed E-state index contributed by atoms with van der Waals surface area (Å²) in [5, 5.41) is 0. The lowest BCUT2D eigenvalue weighted by atomic mass is 10.0. The van der Waals surface area contributed by atoms with Crippen molar-refractivity contribution in [3.05, 3.63) is 48.6 Å². The third-order valence-electron chi connectivity index (χ3n) is 16.3. The first-order valence-electron chi connectivity index (χ1n) is 36.1. The highest BCUT2D eigenvalue weighted by molar-refractivity contribution is 5.71. The quantitative estimate of drug-likeness (QED) is 0.0261. The molecule has 0 heterocycles. The molecule has 0 saturated heterocycles. The van der Waals surface area contributed by atoms with Gasteiger partial charge in [0, 0.05) is 19.3 Å². The van der Waals surface area contributed by atoms with Crippen LogP contribution in [-0.2, 0) is 28.6 Å². The van der Waals surface area contributed by atoms with E-state index in [-0.39, 0.29) is 31.1 Å². The smallest absolute Gasteiger partial charge is 0.306 e. The van der Waals surface area contributed by atoms with Crippen molar-refractivity contribution in [1.29, 1.82) is 0 Å². The Balaban J connectivity index is 3.92. The Hall–Kier alpha value is -2.63. The van der Waals surface area contributed by atoms with E-state index in [1.807, 2.05) is 0 Å². The molecule has 0 rings (SSSR count). The maximum absolute atomic E-state index is 12.9. The van der Waals surface area contributed by atoms with Gasteiger partial charge in [-0.05, 0) is 83.5 Å². The Morgan fingerprint density at radius 3 is 0.679 bits per heavy atom. The van der Waals surface area contributed by atoms with Crippen molar-refractivity contribution in [2.75, 3.05) is 13.2 Å². The minimum Gasteiger partial charge on any atom is -0.462 e. The summed E-state index contributed by atoms with van der Waals surface area (Å²) in [6.07, 6.45) is 89.2.